The van der Waals surface area contributed by atoms with E-state index < -0.39 is 15.9 Å². The molecule has 1 fully saturated rings. The van der Waals surface area contributed by atoms with Crippen molar-refractivity contribution in [2.24, 2.45) is 0 Å². The van der Waals surface area contributed by atoms with Crippen molar-refractivity contribution in [3.8, 4) is 0 Å². The molecule has 0 radical (unpaired) electrons. The van der Waals surface area contributed by atoms with Crippen LogP contribution < -0.4 is 5.32 Å². The van der Waals surface area contributed by atoms with Gasteiger partial charge < -0.3 is 15.0 Å². The van der Waals surface area contributed by atoms with Gasteiger partial charge in [0, 0.05) is 25.8 Å². The Balaban J connectivity index is 1.62. The summed E-state index contributed by atoms with van der Waals surface area (Å²) in [4.78, 5) is 26.9. The highest BCUT2D eigenvalue weighted by Crippen LogP contribution is 2.26. The maximum atomic E-state index is 12.9. The molecule has 31 heavy (non-hydrogen) atoms. The van der Waals surface area contributed by atoms with Crippen molar-refractivity contribution in [1.29, 1.82) is 0 Å². The molecule has 1 aliphatic heterocycles. The number of nitrogens with one attached hydrogen (secondary N) is 1. The molecular weight excluding hydrogens is 438 g/mol. The van der Waals surface area contributed by atoms with Crippen LogP contribution in [0.5, 0.6) is 0 Å². The Bertz CT molecular complexity index is 1030. The number of sulfonamides is 1. The van der Waals surface area contributed by atoms with Crippen LogP contribution in [0.4, 0.5) is 5.69 Å². The zero-order valence-electron chi connectivity index (χ0n) is 17.8. The molecule has 0 bridgehead atoms. The molecule has 1 saturated heterocycles. The Hall–Kier alpha value is -2.27. The summed E-state index contributed by atoms with van der Waals surface area (Å²) in [5, 5.41) is 2.71. The number of hydrogen-bond acceptors (Lipinski definition) is 6. The van der Waals surface area contributed by atoms with E-state index in [0.29, 0.717) is 42.8 Å². The average molecular weight is 466 g/mol. The normalized spacial score (nSPS) is 14.8. The van der Waals surface area contributed by atoms with E-state index in [4.69, 9.17) is 4.74 Å². The second-order valence-corrected chi connectivity index (χ2v) is 11.0. The van der Waals surface area contributed by atoms with Crippen molar-refractivity contribution in [2.45, 2.75) is 24.0 Å². The highest BCUT2D eigenvalue weighted by Gasteiger charge is 2.27. The maximum Gasteiger partial charge on any atom is 0.264 e. The predicted molar refractivity (Wildman–Crippen MR) is 120 cm³/mol. The van der Waals surface area contributed by atoms with E-state index >= 15 is 0 Å². The van der Waals surface area contributed by atoms with Crippen LogP contribution in [0.1, 0.15) is 35.0 Å². The van der Waals surface area contributed by atoms with Crippen LogP contribution in [-0.2, 0) is 19.6 Å². The first-order chi connectivity index (χ1) is 14.7. The van der Waals surface area contributed by atoms with Gasteiger partial charge in [0.05, 0.1) is 24.6 Å². The number of amides is 2. The minimum atomic E-state index is -3.89. The summed E-state index contributed by atoms with van der Waals surface area (Å²) < 4.78 is 32.0. The third-order valence-electron chi connectivity index (χ3n) is 4.98. The van der Waals surface area contributed by atoms with Crippen LogP contribution in [0.25, 0.3) is 0 Å². The van der Waals surface area contributed by atoms with Crippen molar-refractivity contribution < 1.29 is 22.7 Å². The summed E-state index contributed by atoms with van der Waals surface area (Å²) >= 11 is 0.912. The summed E-state index contributed by atoms with van der Waals surface area (Å²) in [6, 6.07) is 10.4. The van der Waals surface area contributed by atoms with Gasteiger partial charge in [0.25, 0.3) is 15.9 Å². The van der Waals surface area contributed by atoms with Gasteiger partial charge in [-0.3, -0.25) is 9.59 Å². The fraction of sp³-hybridized carbons (Fsp3) is 0.429. The number of rotatable bonds is 7. The summed E-state index contributed by atoms with van der Waals surface area (Å²) in [5.41, 5.74) is 1.76. The van der Waals surface area contributed by atoms with E-state index in [0.717, 1.165) is 21.2 Å². The molecule has 2 heterocycles. The lowest BCUT2D eigenvalue weighted by atomic mass is 10.0. The van der Waals surface area contributed by atoms with E-state index in [1.54, 1.807) is 17.0 Å². The molecule has 10 heteroatoms. The molecule has 0 unspecified atom stereocenters. The summed E-state index contributed by atoms with van der Waals surface area (Å²) in [7, 11) is -2.54. The van der Waals surface area contributed by atoms with Crippen LogP contribution >= 0.6 is 11.3 Å². The number of benzene rings is 1. The molecule has 0 aliphatic carbocycles. The van der Waals surface area contributed by atoms with E-state index in [2.05, 4.69) is 19.2 Å². The lowest BCUT2D eigenvalue weighted by Crippen LogP contribution is -2.40. The van der Waals surface area contributed by atoms with Gasteiger partial charge in [-0.1, -0.05) is 26.0 Å². The lowest BCUT2D eigenvalue weighted by molar-refractivity contribution is -0.116. The summed E-state index contributed by atoms with van der Waals surface area (Å²) in [5.74, 6) is -0.267. The highest BCUT2D eigenvalue weighted by atomic mass is 32.2. The third-order valence-corrected chi connectivity index (χ3v) is 8.33. The molecule has 1 N–H and O–H groups in total. The average Bonchev–Trinajstić information content (AvgIpc) is 3.25. The van der Waals surface area contributed by atoms with E-state index in [1.165, 1.54) is 19.2 Å². The largest absolute Gasteiger partial charge is 0.378 e. The SMILES string of the molecule is CC(C)c1ccc(NC(=O)CN(C)S(=O)(=O)c2ccc(C(=O)N3CCOCC3)s2)cc1. The number of ether oxygens (including phenoxy) is 1. The van der Waals surface area contributed by atoms with Gasteiger partial charge in [0.15, 0.2) is 0 Å². The molecule has 2 aromatic rings. The van der Waals surface area contributed by atoms with Gasteiger partial charge in [0.2, 0.25) is 5.91 Å². The van der Waals surface area contributed by atoms with Crippen molar-refractivity contribution >= 4 is 38.9 Å². The topological polar surface area (TPSA) is 96.0 Å². The lowest BCUT2D eigenvalue weighted by Gasteiger charge is -2.26. The van der Waals surface area contributed by atoms with Gasteiger partial charge in [-0.25, -0.2) is 8.42 Å². The Kier molecular flexibility index (Phi) is 7.47. The number of hydrogen-bond donors (Lipinski definition) is 1. The van der Waals surface area contributed by atoms with Crippen molar-refractivity contribution in [3.63, 3.8) is 0 Å². The first-order valence-electron chi connectivity index (χ1n) is 10.0. The molecule has 2 amide bonds. The van der Waals surface area contributed by atoms with Crippen LogP contribution in [0, 0.1) is 0 Å². The van der Waals surface area contributed by atoms with Crippen molar-refractivity contribution in [1.82, 2.24) is 9.21 Å². The molecule has 0 spiro atoms. The van der Waals surface area contributed by atoms with Gasteiger partial charge >= 0.3 is 0 Å². The predicted octanol–water partition coefficient (Wildman–Crippen LogP) is 2.60. The number of carbonyl (C=O) groups is 2. The monoisotopic (exact) mass is 465 g/mol. The van der Waals surface area contributed by atoms with Crippen LogP contribution in [0.3, 0.4) is 0 Å². The van der Waals surface area contributed by atoms with Gasteiger partial charge in [-0.2, -0.15) is 4.31 Å². The first kappa shape index (κ1) is 23.4. The molecule has 3 rings (SSSR count). The van der Waals surface area contributed by atoms with E-state index in [-0.39, 0.29) is 16.7 Å². The zero-order valence-corrected chi connectivity index (χ0v) is 19.5. The molecular formula is C21H27N3O5S2. The molecule has 168 valence electrons. The Morgan fingerprint density at radius 2 is 1.77 bits per heavy atom. The number of thiophene rings is 1. The standard InChI is InChI=1S/C21H27N3O5S2/c1-15(2)16-4-6-17(7-5-16)22-19(25)14-23(3)31(27,28)20-9-8-18(30-20)21(26)24-10-12-29-13-11-24/h4-9,15H,10-14H2,1-3H3,(H,22,25). The third kappa shape index (κ3) is 5.70. The van der Waals surface area contributed by atoms with E-state index in [1.807, 2.05) is 12.1 Å². The Labute approximate surface area is 186 Å². The summed E-state index contributed by atoms with van der Waals surface area (Å²) in [6.45, 7) is 5.74. The number of morpholine rings is 1. The molecule has 8 nitrogen and oxygen atoms in total. The number of anilines is 1. The van der Waals surface area contributed by atoms with Gasteiger partial charge in [-0.05, 0) is 35.7 Å². The van der Waals surface area contributed by atoms with E-state index in [9.17, 15) is 18.0 Å². The van der Waals surface area contributed by atoms with Crippen molar-refractivity contribution in [3.05, 3.63) is 46.8 Å². The van der Waals surface area contributed by atoms with Crippen LogP contribution in [0.15, 0.2) is 40.6 Å². The second-order valence-electron chi connectivity index (χ2n) is 7.61. The quantitative estimate of drug-likeness (QED) is 0.678. The van der Waals surface area contributed by atoms with Gasteiger partial charge in [-0.15, -0.1) is 11.3 Å². The zero-order chi connectivity index (χ0) is 22.6. The van der Waals surface area contributed by atoms with Crippen molar-refractivity contribution in [2.75, 3.05) is 45.2 Å². The van der Waals surface area contributed by atoms with Crippen LogP contribution in [-0.4, -0.2) is 69.3 Å². The maximum absolute atomic E-state index is 12.9. The number of nitrogens with zero attached hydrogens (tertiary/aromatic N) is 2. The second kappa shape index (κ2) is 9.90. The molecule has 1 aromatic heterocycles. The molecule has 1 aromatic carbocycles. The first-order valence-corrected chi connectivity index (χ1v) is 12.3. The minimum absolute atomic E-state index is 0.0284. The molecule has 0 saturated carbocycles. The molecule has 0 atom stereocenters. The fourth-order valence-corrected chi connectivity index (χ4v) is 5.70. The Morgan fingerprint density at radius 1 is 1.13 bits per heavy atom. The number of likely N-dealkylation sites (N-methyl/N-ethyl adjacent to an activating group) is 1. The van der Waals surface area contributed by atoms with Crippen LogP contribution in [0.2, 0.25) is 0 Å². The molecule has 1 aliphatic rings. The number of carbonyl (C=O) groups excluding carboxylic acids is 2. The Morgan fingerprint density at radius 3 is 2.39 bits per heavy atom. The fourth-order valence-electron chi connectivity index (χ4n) is 3.09. The van der Waals surface area contributed by atoms with Gasteiger partial charge in [0.1, 0.15) is 4.21 Å². The summed E-state index contributed by atoms with van der Waals surface area (Å²) in [6.07, 6.45) is 0. The highest BCUT2D eigenvalue weighted by molar-refractivity contribution is 7.91. The smallest absolute Gasteiger partial charge is 0.264 e. The minimum Gasteiger partial charge on any atom is -0.378 e.